The van der Waals surface area contributed by atoms with E-state index in [0.29, 0.717) is 18.1 Å². The number of rotatable bonds is 3. The Labute approximate surface area is 120 Å². The molecule has 1 aliphatic heterocycles. The van der Waals surface area contributed by atoms with E-state index in [1.807, 2.05) is 13.8 Å². The van der Waals surface area contributed by atoms with Crippen molar-refractivity contribution in [3.05, 3.63) is 10.6 Å². The number of aromatic nitrogens is 1. The minimum Gasteiger partial charge on any atom is -0.391 e. The first-order valence-electron chi connectivity index (χ1n) is 6.75. The molecule has 0 saturated carbocycles. The Balaban J connectivity index is 2.19. The zero-order valence-electron chi connectivity index (χ0n) is 11.6. The Morgan fingerprint density at radius 1 is 1.45 bits per heavy atom. The van der Waals surface area contributed by atoms with Gasteiger partial charge in [-0.05, 0) is 18.8 Å². The van der Waals surface area contributed by atoms with Crippen LogP contribution in [0.5, 0.6) is 0 Å². The summed E-state index contributed by atoms with van der Waals surface area (Å²) >= 11 is 1.30. The molecule has 0 bridgehead atoms. The van der Waals surface area contributed by atoms with E-state index in [-0.39, 0.29) is 25.5 Å². The van der Waals surface area contributed by atoms with E-state index in [9.17, 15) is 18.3 Å². The summed E-state index contributed by atoms with van der Waals surface area (Å²) in [5.74, 6) is -1.12. The van der Waals surface area contributed by atoms with Crippen LogP contribution in [0.3, 0.4) is 0 Å². The third-order valence-electron chi connectivity index (χ3n) is 3.56. The summed E-state index contributed by atoms with van der Waals surface area (Å²) in [6, 6.07) is 0. The summed E-state index contributed by atoms with van der Waals surface area (Å²) in [5.41, 5.74) is 0.793. The van der Waals surface area contributed by atoms with Gasteiger partial charge in [-0.15, -0.1) is 0 Å². The Hall–Kier alpha value is -0.820. The van der Waals surface area contributed by atoms with Crippen molar-refractivity contribution in [3.63, 3.8) is 0 Å². The molecule has 1 N–H and O–H groups in total. The lowest BCUT2D eigenvalue weighted by molar-refractivity contribution is -0.175. The molecule has 3 nitrogen and oxygen atoms in total. The number of nitrogens with zero attached hydrogens (tertiary/aromatic N) is 2. The molecule has 114 valence electrons. The average molecular weight is 308 g/mol. The van der Waals surface area contributed by atoms with Crippen molar-refractivity contribution >= 4 is 16.5 Å². The molecule has 0 radical (unpaired) electrons. The van der Waals surface area contributed by atoms with Gasteiger partial charge in [0.1, 0.15) is 0 Å². The highest BCUT2D eigenvalue weighted by atomic mass is 32.1. The van der Waals surface area contributed by atoms with Crippen LogP contribution in [0.15, 0.2) is 0 Å². The maximum atomic E-state index is 12.8. The van der Waals surface area contributed by atoms with Crippen LogP contribution in [0.2, 0.25) is 0 Å². The summed E-state index contributed by atoms with van der Waals surface area (Å²) in [6.07, 6.45) is -3.43. The number of alkyl halides is 3. The van der Waals surface area contributed by atoms with E-state index in [2.05, 4.69) is 4.98 Å². The highest BCUT2D eigenvalue weighted by molar-refractivity contribution is 7.15. The van der Waals surface area contributed by atoms with Crippen LogP contribution < -0.4 is 4.90 Å². The molecule has 0 aliphatic carbocycles. The van der Waals surface area contributed by atoms with Crippen LogP contribution in [-0.4, -0.2) is 29.4 Å². The molecule has 1 unspecified atom stereocenters. The number of halogens is 3. The molecular formula is C13H19F3N2OS. The van der Waals surface area contributed by atoms with Gasteiger partial charge >= 0.3 is 6.18 Å². The van der Waals surface area contributed by atoms with Gasteiger partial charge in [-0.1, -0.05) is 25.2 Å². The topological polar surface area (TPSA) is 36.4 Å². The van der Waals surface area contributed by atoms with E-state index in [1.54, 1.807) is 4.90 Å². The van der Waals surface area contributed by atoms with Crippen LogP contribution in [0.4, 0.5) is 18.3 Å². The van der Waals surface area contributed by atoms with Crippen molar-refractivity contribution in [2.45, 2.75) is 45.4 Å². The fourth-order valence-electron chi connectivity index (χ4n) is 2.47. The molecule has 2 rings (SSSR count). The largest absolute Gasteiger partial charge is 0.393 e. The Kier molecular flexibility index (Phi) is 4.59. The maximum absolute atomic E-state index is 12.8. The fourth-order valence-corrected chi connectivity index (χ4v) is 3.58. The monoisotopic (exact) mass is 308 g/mol. The minimum atomic E-state index is -4.14. The quantitative estimate of drug-likeness (QED) is 0.928. The van der Waals surface area contributed by atoms with Crippen LogP contribution in [-0.2, 0) is 6.61 Å². The predicted octanol–water partition coefficient (Wildman–Crippen LogP) is 3.54. The molecular weight excluding hydrogens is 289 g/mol. The minimum absolute atomic E-state index is 0.0284. The average Bonchev–Trinajstić information content (AvgIpc) is 2.82. The van der Waals surface area contributed by atoms with Crippen molar-refractivity contribution in [2.75, 3.05) is 18.0 Å². The van der Waals surface area contributed by atoms with Crippen LogP contribution in [0, 0.1) is 5.92 Å². The van der Waals surface area contributed by atoms with E-state index >= 15 is 0 Å². The normalized spacial score (nSPS) is 20.8. The molecule has 20 heavy (non-hydrogen) atoms. The number of thiazole rings is 1. The lowest BCUT2D eigenvalue weighted by Crippen LogP contribution is -2.41. The second-order valence-electron chi connectivity index (χ2n) is 5.44. The second-order valence-corrected chi connectivity index (χ2v) is 6.51. The molecule has 7 heteroatoms. The number of hydrogen-bond donors (Lipinski definition) is 1. The zero-order chi connectivity index (χ0) is 14.9. The lowest BCUT2D eigenvalue weighted by atomic mass is 9.98. The highest BCUT2D eigenvalue weighted by Gasteiger charge is 2.42. The van der Waals surface area contributed by atoms with Crippen molar-refractivity contribution in [2.24, 2.45) is 5.92 Å². The molecule has 1 aliphatic rings. The van der Waals surface area contributed by atoms with E-state index in [0.717, 1.165) is 10.6 Å². The van der Waals surface area contributed by atoms with E-state index < -0.39 is 12.1 Å². The van der Waals surface area contributed by atoms with Crippen molar-refractivity contribution in [3.8, 4) is 0 Å². The van der Waals surface area contributed by atoms with Crippen LogP contribution in [0.1, 0.15) is 43.2 Å². The van der Waals surface area contributed by atoms with Gasteiger partial charge in [0.05, 0.1) is 23.1 Å². The maximum Gasteiger partial charge on any atom is 0.393 e. The molecule has 0 spiro atoms. The van der Waals surface area contributed by atoms with Crippen molar-refractivity contribution < 1.29 is 18.3 Å². The summed E-state index contributed by atoms with van der Waals surface area (Å²) in [4.78, 5) is 6.90. The smallest absolute Gasteiger partial charge is 0.391 e. The van der Waals surface area contributed by atoms with E-state index in [4.69, 9.17) is 0 Å². The Morgan fingerprint density at radius 2 is 2.15 bits per heavy atom. The Bertz CT molecular complexity index is 459. The van der Waals surface area contributed by atoms with Gasteiger partial charge in [-0.3, -0.25) is 0 Å². The molecule has 1 aromatic rings. The van der Waals surface area contributed by atoms with Gasteiger partial charge in [0, 0.05) is 13.1 Å². The number of aliphatic hydroxyl groups excluding tert-OH is 1. The molecule has 1 saturated heterocycles. The summed E-state index contributed by atoms with van der Waals surface area (Å²) in [6.45, 7) is 4.39. The van der Waals surface area contributed by atoms with E-state index in [1.165, 1.54) is 11.3 Å². The number of anilines is 1. The molecule has 0 amide bonds. The number of aliphatic hydroxyl groups is 1. The third-order valence-corrected chi connectivity index (χ3v) is 4.68. The standard InChI is InChI=1S/C13H19F3N2OS/c1-8(2)11-10(7-19)20-12(17-11)18-5-3-4-9(6-18)13(14,15)16/h8-9,19H,3-7H2,1-2H3. The SMILES string of the molecule is CC(C)c1nc(N2CCCC(C(F)(F)F)C2)sc1CO. The van der Waals surface area contributed by atoms with Gasteiger partial charge in [0.25, 0.3) is 0 Å². The second kappa shape index (κ2) is 5.89. The zero-order valence-corrected chi connectivity index (χ0v) is 12.4. The Morgan fingerprint density at radius 3 is 2.65 bits per heavy atom. The van der Waals surface area contributed by atoms with Crippen molar-refractivity contribution in [1.82, 2.24) is 4.98 Å². The lowest BCUT2D eigenvalue weighted by Gasteiger charge is -2.33. The summed E-state index contributed by atoms with van der Waals surface area (Å²) < 4.78 is 38.5. The van der Waals surface area contributed by atoms with Crippen molar-refractivity contribution in [1.29, 1.82) is 0 Å². The molecule has 2 heterocycles. The highest BCUT2D eigenvalue weighted by Crippen LogP contribution is 2.37. The summed E-state index contributed by atoms with van der Waals surface area (Å²) in [7, 11) is 0. The predicted molar refractivity (Wildman–Crippen MR) is 73.1 cm³/mol. The molecule has 1 fully saturated rings. The van der Waals surface area contributed by atoms with Gasteiger partial charge in [0.2, 0.25) is 0 Å². The van der Waals surface area contributed by atoms with Gasteiger partial charge in [-0.2, -0.15) is 13.2 Å². The molecule has 1 atom stereocenters. The molecule has 1 aromatic heterocycles. The fraction of sp³-hybridized carbons (Fsp3) is 0.769. The summed E-state index contributed by atoms with van der Waals surface area (Å²) in [5, 5.41) is 9.94. The first-order valence-corrected chi connectivity index (χ1v) is 7.56. The first-order chi connectivity index (χ1) is 9.32. The first kappa shape index (κ1) is 15.6. The number of hydrogen-bond acceptors (Lipinski definition) is 4. The van der Waals surface area contributed by atoms with Crippen LogP contribution in [0.25, 0.3) is 0 Å². The van der Waals surface area contributed by atoms with Gasteiger partial charge in [0.15, 0.2) is 5.13 Å². The number of piperidine rings is 1. The molecule has 0 aromatic carbocycles. The third kappa shape index (κ3) is 3.25. The van der Waals surface area contributed by atoms with Crippen LogP contribution >= 0.6 is 11.3 Å². The van der Waals surface area contributed by atoms with Gasteiger partial charge < -0.3 is 10.0 Å². The van der Waals surface area contributed by atoms with Gasteiger partial charge in [-0.25, -0.2) is 4.98 Å².